The number of likely N-dealkylation sites (N-methyl/N-ethyl adjacent to an activating group) is 1. The monoisotopic (exact) mass is 431 g/mol. The largest absolute Gasteiger partial charge is 0.484 e. The molecule has 0 aliphatic carbocycles. The third kappa shape index (κ3) is 5.59. The summed E-state index contributed by atoms with van der Waals surface area (Å²) in [5.74, 6) is 0.457. The van der Waals surface area contributed by atoms with Gasteiger partial charge in [-0.2, -0.15) is 4.31 Å². The Morgan fingerprint density at radius 1 is 1.03 bits per heavy atom. The molecule has 162 valence electrons. The highest BCUT2D eigenvalue weighted by Gasteiger charge is 2.27. The van der Waals surface area contributed by atoms with Gasteiger partial charge in [0, 0.05) is 32.7 Å². The van der Waals surface area contributed by atoms with Crippen LogP contribution in [-0.4, -0.2) is 63.4 Å². The highest BCUT2D eigenvalue weighted by Crippen LogP contribution is 2.19. The Hall–Kier alpha value is -2.42. The van der Waals surface area contributed by atoms with Crippen LogP contribution in [0.1, 0.15) is 16.7 Å². The zero-order valence-corrected chi connectivity index (χ0v) is 18.5. The molecule has 8 heteroatoms. The fraction of sp³-hybridized carbons (Fsp3) is 0.409. The second-order valence-corrected chi connectivity index (χ2v) is 9.62. The van der Waals surface area contributed by atoms with Gasteiger partial charge in [0.05, 0.1) is 4.90 Å². The number of rotatable bonds is 7. The van der Waals surface area contributed by atoms with Gasteiger partial charge in [-0.3, -0.25) is 4.79 Å². The molecular weight excluding hydrogens is 402 g/mol. The molecule has 30 heavy (non-hydrogen) atoms. The maximum Gasteiger partial charge on any atom is 0.258 e. The van der Waals surface area contributed by atoms with E-state index in [0.717, 1.165) is 29.8 Å². The second-order valence-electron chi connectivity index (χ2n) is 7.69. The number of hydrogen-bond donors (Lipinski definition) is 1. The van der Waals surface area contributed by atoms with Crippen molar-refractivity contribution < 1.29 is 17.9 Å². The highest BCUT2D eigenvalue weighted by atomic mass is 32.2. The lowest BCUT2D eigenvalue weighted by Crippen LogP contribution is -2.47. The molecule has 0 aromatic heterocycles. The number of aryl methyl sites for hydroxylation is 2. The van der Waals surface area contributed by atoms with Gasteiger partial charge >= 0.3 is 0 Å². The van der Waals surface area contributed by atoms with Crippen molar-refractivity contribution in [3.05, 3.63) is 59.2 Å². The third-order valence-corrected chi connectivity index (χ3v) is 7.12. The summed E-state index contributed by atoms with van der Waals surface area (Å²) in [6.07, 6.45) is 0. The summed E-state index contributed by atoms with van der Waals surface area (Å²) in [4.78, 5) is 14.5. The van der Waals surface area contributed by atoms with Gasteiger partial charge in [-0.05, 0) is 50.2 Å². The van der Waals surface area contributed by atoms with Crippen LogP contribution in [0.3, 0.4) is 0 Å². The minimum absolute atomic E-state index is 0.0697. The molecule has 0 spiro atoms. The van der Waals surface area contributed by atoms with E-state index in [9.17, 15) is 13.2 Å². The minimum atomic E-state index is -3.48. The summed E-state index contributed by atoms with van der Waals surface area (Å²) in [6.45, 7) is 6.64. The number of piperazine rings is 1. The van der Waals surface area contributed by atoms with Crippen LogP contribution in [0.2, 0.25) is 0 Å². The molecule has 0 atom stereocenters. The summed E-state index contributed by atoms with van der Waals surface area (Å²) < 4.78 is 32.6. The van der Waals surface area contributed by atoms with Crippen LogP contribution < -0.4 is 10.1 Å². The van der Waals surface area contributed by atoms with E-state index in [2.05, 4.69) is 10.2 Å². The van der Waals surface area contributed by atoms with Gasteiger partial charge in [0.1, 0.15) is 5.75 Å². The molecule has 1 fully saturated rings. The smallest absolute Gasteiger partial charge is 0.258 e. The van der Waals surface area contributed by atoms with Crippen molar-refractivity contribution in [3.63, 3.8) is 0 Å². The Morgan fingerprint density at radius 3 is 2.33 bits per heavy atom. The lowest BCUT2D eigenvalue weighted by Gasteiger charge is -2.31. The van der Waals surface area contributed by atoms with Gasteiger partial charge in [0.15, 0.2) is 6.61 Å². The molecule has 1 aliphatic heterocycles. The molecule has 1 aliphatic rings. The number of benzene rings is 2. The summed E-state index contributed by atoms with van der Waals surface area (Å²) in [5, 5.41) is 2.80. The number of carbonyl (C=O) groups excluding carboxylic acids is 1. The molecule has 0 bridgehead atoms. The van der Waals surface area contributed by atoms with E-state index in [-0.39, 0.29) is 17.4 Å². The molecule has 2 aromatic carbocycles. The lowest BCUT2D eigenvalue weighted by molar-refractivity contribution is -0.123. The molecule has 2 aromatic rings. The first-order valence-corrected chi connectivity index (χ1v) is 11.4. The first-order valence-electron chi connectivity index (χ1n) is 10.00. The van der Waals surface area contributed by atoms with E-state index in [1.807, 2.05) is 39.1 Å². The summed E-state index contributed by atoms with van der Waals surface area (Å²) >= 11 is 0. The Balaban J connectivity index is 1.51. The van der Waals surface area contributed by atoms with Crippen LogP contribution in [0.5, 0.6) is 5.75 Å². The number of hydrogen-bond acceptors (Lipinski definition) is 5. The van der Waals surface area contributed by atoms with Gasteiger partial charge in [-0.25, -0.2) is 8.42 Å². The van der Waals surface area contributed by atoms with E-state index >= 15 is 0 Å². The second kappa shape index (κ2) is 9.59. The normalized spacial score (nSPS) is 15.7. The molecule has 0 saturated carbocycles. The highest BCUT2D eigenvalue weighted by molar-refractivity contribution is 7.89. The molecule has 7 nitrogen and oxygen atoms in total. The van der Waals surface area contributed by atoms with Crippen LogP contribution in [0, 0.1) is 13.8 Å². The van der Waals surface area contributed by atoms with Crippen molar-refractivity contribution in [3.8, 4) is 5.75 Å². The molecule has 0 radical (unpaired) electrons. The minimum Gasteiger partial charge on any atom is -0.484 e. The van der Waals surface area contributed by atoms with Crippen molar-refractivity contribution in [1.29, 1.82) is 0 Å². The van der Waals surface area contributed by atoms with Gasteiger partial charge in [0.25, 0.3) is 5.91 Å². The Kier molecular flexibility index (Phi) is 7.12. The number of carbonyl (C=O) groups is 1. The molecule has 1 N–H and O–H groups in total. The number of nitrogens with one attached hydrogen (secondary N) is 1. The van der Waals surface area contributed by atoms with Crippen LogP contribution in [0.4, 0.5) is 0 Å². The van der Waals surface area contributed by atoms with Crippen molar-refractivity contribution in [1.82, 2.24) is 14.5 Å². The predicted octanol–water partition coefficient (Wildman–Crippen LogP) is 1.93. The SMILES string of the molecule is Cc1ccc(OCC(=O)NCc2ccc(S(=O)(=O)N3CCN(C)CC3)cc2)c(C)c1. The average molecular weight is 432 g/mol. The average Bonchev–Trinajstić information content (AvgIpc) is 2.72. The summed E-state index contributed by atoms with van der Waals surface area (Å²) in [7, 11) is -1.49. The quantitative estimate of drug-likeness (QED) is 0.725. The maximum absolute atomic E-state index is 12.8. The van der Waals surface area contributed by atoms with E-state index < -0.39 is 10.0 Å². The number of sulfonamides is 1. The fourth-order valence-corrected chi connectivity index (χ4v) is 4.74. The van der Waals surface area contributed by atoms with Crippen molar-refractivity contribution in [2.75, 3.05) is 39.8 Å². The zero-order valence-electron chi connectivity index (χ0n) is 17.7. The maximum atomic E-state index is 12.8. The first-order chi connectivity index (χ1) is 14.3. The van der Waals surface area contributed by atoms with Gasteiger partial charge in [-0.1, -0.05) is 29.8 Å². The molecule has 1 heterocycles. The Morgan fingerprint density at radius 2 is 1.70 bits per heavy atom. The standard InChI is InChI=1S/C22H29N3O4S/c1-17-4-9-21(18(2)14-17)29-16-22(26)23-15-19-5-7-20(8-6-19)30(27,28)25-12-10-24(3)11-13-25/h4-9,14H,10-13,15-16H2,1-3H3,(H,23,26). The summed E-state index contributed by atoms with van der Waals surface area (Å²) in [5.41, 5.74) is 2.95. The van der Waals surface area contributed by atoms with Crippen LogP contribution in [-0.2, 0) is 21.4 Å². The summed E-state index contributed by atoms with van der Waals surface area (Å²) in [6, 6.07) is 12.5. The van der Waals surface area contributed by atoms with Crippen molar-refractivity contribution in [2.45, 2.75) is 25.3 Å². The van der Waals surface area contributed by atoms with Gasteiger partial charge in [0.2, 0.25) is 10.0 Å². The molecule has 1 amide bonds. The van der Waals surface area contributed by atoms with Gasteiger partial charge in [-0.15, -0.1) is 0 Å². The third-order valence-electron chi connectivity index (χ3n) is 5.20. The Bertz CT molecular complexity index is 982. The van der Waals surface area contributed by atoms with E-state index in [1.54, 1.807) is 24.3 Å². The van der Waals surface area contributed by atoms with E-state index in [1.165, 1.54) is 4.31 Å². The van der Waals surface area contributed by atoms with Crippen molar-refractivity contribution >= 4 is 15.9 Å². The van der Waals surface area contributed by atoms with Crippen LogP contribution in [0.15, 0.2) is 47.4 Å². The van der Waals surface area contributed by atoms with Crippen molar-refractivity contribution in [2.24, 2.45) is 0 Å². The van der Waals surface area contributed by atoms with Crippen LogP contribution in [0.25, 0.3) is 0 Å². The fourth-order valence-electron chi connectivity index (χ4n) is 3.31. The number of ether oxygens (including phenoxy) is 1. The van der Waals surface area contributed by atoms with Gasteiger partial charge < -0.3 is 15.0 Å². The molecular formula is C22H29N3O4S. The molecule has 0 unspecified atom stereocenters. The van der Waals surface area contributed by atoms with E-state index in [0.29, 0.717) is 25.4 Å². The molecule has 3 rings (SSSR count). The van der Waals surface area contributed by atoms with Crippen LogP contribution >= 0.6 is 0 Å². The number of amides is 1. The first kappa shape index (κ1) is 22.3. The van der Waals surface area contributed by atoms with E-state index in [4.69, 9.17) is 4.74 Å². The topological polar surface area (TPSA) is 78.9 Å². The molecule has 1 saturated heterocycles. The Labute approximate surface area is 178 Å². The number of nitrogens with zero attached hydrogens (tertiary/aromatic N) is 2. The lowest BCUT2D eigenvalue weighted by atomic mass is 10.1. The predicted molar refractivity (Wildman–Crippen MR) is 116 cm³/mol. The zero-order chi connectivity index (χ0) is 21.7.